The predicted octanol–water partition coefficient (Wildman–Crippen LogP) is 3.49. The monoisotopic (exact) mass is 535 g/mol. The maximum absolute atomic E-state index is 13.3. The van der Waals surface area contributed by atoms with Gasteiger partial charge in [0.15, 0.2) is 0 Å². The standard InChI is InChI=1S/C19H19Cl2N3O3S.CH4O3S/c1-2-23-5-7-24(8-6-23)28(25,26)19-9-14(13-22)3-4-18(19)27-17-11-15(20)10-16(21)12-17;1-5(2,3)4/h3-4,9-12H,2,5-8H2,1H3;1H3,(H,2,3,4). The quantitative estimate of drug-likeness (QED) is 0.576. The molecule has 0 spiro atoms. The molecule has 1 saturated heterocycles. The van der Waals surface area contributed by atoms with Gasteiger partial charge in [-0.25, -0.2) is 8.42 Å². The van der Waals surface area contributed by atoms with Crippen LogP contribution in [0.25, 0.3) is 0 Å². The van der Waals surface area contributed by atoms with Gasteiger partial charge >= 0.3 is 0 Å². The molecule has 1 aliphatic rings. The molecule has 9 nitrogen and oxygen atoms in total. The van der Waals surface area contributed by atoms with Crippen molar-refractivity contribution in [1.82, 2.24) is 9.21 Å². The summed E-state index contributed by atoms with van der Waals surface area (Å²) in [5.74, 6) is 0.435. The number of sulfonamides is 1. The molecular formula is C20H23Cl2N3O6S2. The van der Waals surface area contributed by atoms with Crippen molar-refractivity contribution in [1.29, 1.82) is 5.26 Å². The van der Waals surface area contributed by atoms with Crippen LogP contribution >= 0.6 is 23.2 Å². The number of ether oxygens (including phenoxy) is 1. The van der Waals surface area contributed by atoms with Gasteiger partial charge in [-0.3, -0.25) is 4.55 Å². The van der Waals surface area contributed by atoms with E-state index in [1.165, 1.54) is 22.5 Å². The maximum Gasteiger partial charge on any atom is 0.261 e. The highest BCUT2D eigenvalue weighted by Crippen LogP contribution is 2.34. The molecule has 0 aliphatic carbocycles. The summed E-state index contributed by atoms with van der Waals surface area (Å²) in [6, 6.07) is 10.9. The number of likely N-dealkylation sites (N-methyl/N-ethyl adjacent to an activating group) is 1. The topological polar surface area (TPSA) is 128 Å². The molecule has 0 radical (unpaired) electrons. The zero-order valence-corrected chi connectivity index (χ0v) is 21.0. The number of benzene rings is 2. The van der Waals surface area contributed by atoms with Crippen molar-refractivity contribution in [3.05, 3.63) is 52.0 Å². The molecule has 1 fully saturated rings. The van der Waals surface area contributed by atoms with E-state index in [4.69, 9.17) is 32.5 Å². The van der Waals surface area contributed by atoms with E-state index in [1.807, 2.05) is 13.0 Å². The Kier molecular flexibility index (Phi) is 9.51. The molecule has 180 valence electrons. The number of hydrogen-bond acceptors (Lipinski definition) is 7. The van der Waals surface area contributed by atoms with Crippen LogP contribution in [0, 0.1) is 11.3 Å². The number of halogens is 2. The zero-order chi connectivity index (χ0) is 24.8. The van der Waals surface area contributed by atoms with E-state index >= 15 is 0 Å². The Labute approximate surface area is 203 Å². The van der Waals surface area contributed by atoms with Crippen LogP contribution in [0.15, 0.2) is 41.3 Å². The second-order valence-electron chi connectivity index (χ2n) is 7.05. The normalized spacial score (nSPS) is 15.3. The van der Waals surface area contributed by atoms with Gasteiger partial charge in [0.1, 0.15) is 16.4 Å². The van der Waals surface area contributed by atoms with Gasteiger partial charge in [-0.2, -0.15) is 18.0 Å². The summed E-state index contributed by atoms with van der Waals surface area (Å²) in [7, 11) is -7.50. The first-order chi connectivity index (χ1) is 15.3. The van der Waals surface area contributed by atoms with E-state index < -0.39 is 20.1 Å². The van der Waals surface area contributed by atoms with E-state index in [2.05, 4.69) is 4.90 Å². The van der Waals surface area contributed by atoms with Crippen molar-refractivity contribution in [3.8, 4) is 17.6 Å². The summed E-state index contributed by atoms with van der Waals surface area (Å²) in [6.07, 6.45) is 0.715. The number of nitrogens with zero attached hydrogens (tertiary/aromatic N) is 3. The average Bonchev–Trinajstić information content (AvgIpc) is 2.72. The van der Waals surface area contributed by atoms with Crippen molar-refractivity contribution in [3.63, 3.8) is 0 Å². The van der Waals surface area contributed by atoms with Gasteiger partial charge < -0.3 is 9.64 Å². The molecule has 0 saturated carbocycles. The highest BCUT2D eigenvalue weighted by molar-refractivity contribution is 7.89. The van der Waals surface area contributed by atoms with Crippen LogP contribution in [0.3, 0.4) is 0 Å². The minimum atomic E-state index is -3.83. The first kappa shape index (κ1) is 27.3. The van der Waals surface area contributed by atoms with Crippen LogP contribution in [0.1, 0.15) is 12.5 Å². The van der Waals surface area contributed by atoms with Crippen LogP contribution in [-0.2, 0) is 20.1 Å². The highest BCUT2D eigenvalue weighted by Gasteiger charge is 2.31. The fraction of sp³-hybridized carbons (Fsp3) is 0.350. The fourth-order valence-electron chi connectivity index (χ4n) is 3.00. The van der Waals surface area contributed by atoms with Crippen LogP contribution in [0.5, 0.6) is 11.5 Å². The molecule has 0 atom stereocenters. The second kappa shape index (κ2) is 11.5. The summed E-state index contributed by atoms with van der Waals surface area (Å²) >= 11 is 12.0. The van der Waals surface area contributed by atoms with E-state index in [0.29, 0.717) is 48.2 Å². The zero-order valence-electron chi connectivity index (χ0n) is 17.9. The third kappa shape index (κ3) is 8.42. The first-order valence-corrected chi connectivity index (χ1v) is 13.7. The lowest BCUT2D eigenvalue weighted by Gasteiger charge is -2.33. The summed E-state index contributed by atoms with van der Waals surface area (Å²) < 4.78 is 59.6. The van der Waals surface area contributed by atoms with Gasteiger partial charge in [0.05, 0.1) is 17.9 Å². The Morgan fingerprint density at radius 2 is 1.58 bits per heavy atom. The van der Waals surface area contributed by atoms with Crippen LogP contribution in [-0.4, -0.2) is 69.6 Å². The molecule has 1 N–H and O–H groups in total. The summed E-state index contributed by atoms with van der Waals surface area (Å²) in [6.45, 7) is 5.01. The van der Waals surface area contributed by atoms with E-state index in [9.17, 15) is 22.1 Å². The van der Waals surface area contributed by atoms with Gasteiger partial charge in [0, 0.05) is 36.2 Å². The molecule has 0 amide bonds. The third-order valence-corrected chi connectivity index (χ3v) is 6.89. The van der Waals surface area contributed by atoms with Gasteiger partial charge in [-0.1, -0.05) is 30.1 Å². The smallest absolute Gasteiger partial charge is 0.261 e. The Morgan fingerprint density at radius 1 is 1.03 bits per heavy atom. The summed E-state index contributed by atoms with van der Waals surface area (Å²) in [5, 5.41) is 9.96. The van der Waals surface area contributed by atoms with Gasteiger partial charge in [0.2, 0.25) is 10.0 Å². The molecule has 33 heavy (non-hydrogen) atoms. The molecule has 0 unspecified atom stereocenters. The van der Waals surface area contributed by atoms with E-state index in [-0.39, 0.29) is 16.2 Å². The van der Waals surface area contributed by atoms with Crippen LogP contribution < -0.4 is 4.74 Å². The van der Waals surface area contributed by atoms with Gasteiger partial charge in [-0.05, 0) is 42.9 Å². The lowest BCUT2D eigenvalue weighted by molar-refractivity contribution is 0.196. The average molecular weight is 536 g/mol. The second-order valence-corrected chi connectivity index (χ2v) is 11.3. The van der Waals surface area contributed by atoms with Crippen molar-refractivity contribution in [2.24, 2.45) is 0 Å². The minimum Gasteiger partial charge on any atom is -0.456 e. The van der Waals surface area contributed by atoms with E-state index in [1.54, 1.807) is 18.2 Å². The first-order valence-electron chi connectivity index (χ1n) is 9.66. The van der Waals surface area contributed by atoms with Crippen LogP contribution in [0.4, 0.5) is 0 Å². The number of piperazine rings is 1. The number of nitriles is 1. The number of hydrogen-bond donors (Lipinski definition) is 1. The molecule has 13 heteroatoms. The Balaban J connectivity index is 0.000000696. The predicted molar refractivity (Wildman–Crippen MR) is 126 cm³/mol. The molecule has 1 heterocycles. The van der Waals surface area contributed by atoms with Crippen molar-refractivity contribution < 1.29 is 26.1 Å². The Bertz CT molecular complexity index is 1210. The Hall–Kier alpha value is -1.91. The molecule has 0 bridgehead atoms. The van der Waals surface area contributed by atoms with Crippen molar-refractivity contribution in [2.45, 2.75) is 11.8 Å². The van der Waals surface area contributed by atoms with E-state index in [0.717, 1.165) is 6.54 Å². The molecule has 0 aromatic heterocycles. The Morgan fingerprint density at radius 3 is 2.06 bits per heavy atom. The lowest BCUT2D eigenvalue weighted by atomic mass is 10.2. The highest BCUT2D eigenvalue weighted by atomic mass is 35.5. The third-order valence-electron chi connectivity index (χ3n) is 4.53. The summed E-state index contributed by atoms with van der Waals surface area (Å²) in [5.41, 5.74) is 0.238. The summed E-state index contributed by atoms with van der Waals surface area (Å²) in [4.78, 5) is 2.14. The molecule has 3 rings (SSSR count). The largest absolute Gasteiger partial charge is 0.456 e. The van der Waals surface area contributed by atoms with Crippen molar-refractivity contribution >= 4 is 43.3 Å². The molecule has 2 aromatic carbocycles. The lowest BCUT2D eigenvalue weighted by Crippen LogP contribution is -2.48. The SMILES string of the molecule is CCN1CCN(S(=O)(=O)c2cc(C#N)ccc2Oc2cc(Cl)cc(Cl)c2)CC1.CS(=O)(=O)O. The molecule has 2 aromatic rings. The maximum atomic E-state index is 13.3. The minimum absolute atomic E-state index is 0.0485. The van der Waals surface area contributed by atoms with Crippen LogP contribution in [0.2, 0.25) is 10.0 Å². The fourth-order valence-corrected chi connectivity index (χ4v) is 5.07. The number of rotatable bonds is 5. The van der Waals surface area contributed by atoms with Crippen molar-refractivity contribution in [2.75, 3.05) is 39.0 Å². The van der Waals surface area contributed by atoms with Gasteiger partial charge in [0.25, 0.3) is 10.1 Å². The molecular weight excluding hydrogens is 513 g/mol. The molecule has 1 aliphatic heterocycles. The van der Waals surface area contributed by atoms with Gasteiger partial charge in [-0.15, -0.1) is 0 Å².